The Hall–Kier alpha value is -1.06. The van der Waals surface area contributed by atoms with E-state index in [0.717, 1.165) is 5.71 Å². The summed E-state index contributed by atoms with van der Waals surface area (Å²) in [5, 5.41) is 0. The van der Waals surface area contributed by atoms with Crippen molar-refractivity contribution in [2.45, 2.75) is 47.1 Å². The molecule has 0 radical (unpaired) electrons. The van der Waals surface area contributed by atoms with E-state index >= 15 is 0 Å². The number of nitrogens with zero attached hydrogens (tertiary/aromatic N) is 2. The van der Waals surface area contributed by atoms with Crippen LogP contribution in [0.15, 0.2) is 4.99 Å². The molecule has 4 heteroatoms. The fourth-order valence-electron chi connectivity index (χ4n) is 1.25. The molecule has 0 N–H and O–H groups in total. The third-order valence-electron chi connectivity index (χ3n) is 1.82. The largest absolute Gasteiger partial charge is 0.444 e. The lowest BCUT2D eigenvalue weighted by Crippen LogP contribution is -2.42. The van der Waals surface area contributed by atoms with Gasteiger partial charge in [0.15, 0.2) is 0 Å². The Morgan fingerprint density at radius 2 is 1.94 bits per heavy atom. The van der Waals surface area contributed by atoms with Crippen molar-refractivity contribution in [3.63, 3.8) is 0 Å². The molecule has 1 amide bonds. The minimum absolute atomic E-state index is 0.244. The Bertz CT molecular complexity index is 254. The molecule has 1 aliphatic heterocycles. The highest BCUT2D eigenvalue weighted by atomic mass is 16.6. The van der Waals surface area contributed by atoms with Crippen LogP contribution in [0.2, 0.25) is 0 Å². The average Bonchev–Trinajstić information content (AvgIpc) is 2.18. The van der Waals surface area contributed by atoms with E-state index in [9.17, 15) is 4.79 Å². The fourth-order valence-corrected chi connectivity index (χ4v) is 1.25. The first-order valence-electron chi connectivity index (χ1n) is 5.86. The number of aliphatic imine (C=N–C) groups is 1. The van der Waals surface area contributed by atoms with Gasteiger partial charge < -0.3 is 9.64 Å². The Morgan fingerprint density at radius 1 is 1.38 bits per heavy atom. The standard InChI is InChI=1S/C10H18N2O2.C2H6/c1-8-7-12(6-5-11-8)9(13)14-10(2,3)4;1-2/h5-7H2,1-4H3;1-2H3. The van der Waals surface area contributed by atoms with E-state index in [2.05, 4.69) is 4.99 Å². The van der Waals surface area contributed by atoms with E-state index in [0.29, 0.717) is 19.6 Å². The molecule has 0 aromatic rings. The number of rotatable bonds is 0. The van der Waals surface area contributed by atoms with Crippen molar-refractivity contribution >= 4 is 11.8 Å². The molecule has 0 saturated heterocycles. The molecule has 16 heavy (non-hydrogen) atoms. The van der Waals surface area contributed by atoms with Crippen molar-refractivity contribution in [1.29, 1.82) is 0 Å². The predicted octanol–water partition coefficient (Wildman–Crippen LogP) is 2.72. The van der Waals surface area contributed by atoms with Crippen LogP contribution in [0.4, 0.5) is 4.79 Å². The number of carbonyl (C=O) groups is 1. The fraction of sp³-hybridized carbons (Fsp3) is 0.833. The Labute approximate surface area is 98.7 Å². The van der Waals surface area contributed by atoms with Crippen LogP contribution in [0, 0.1) is 0 Å². The van der Waals surface area contributed by atoms with Gasteiger partial charge in [0.1, 0.15) is 5.60 Å². The van der Waals surface area contributed by atoms with Gasteiger partial charge in [0, 0.05) is 12.3 Å². The molecule has 0 unspecified atom stereocenters. The maximum absolute atomic E-state index is 11.6. The second kappa shape index (κ2) is 6.51. The van der Waals surface area contributed by atoms with Gasteiger partial charge in [0.2, 0.25) is 0 Å². The summed E-state index contributed by atoms with van der Waals surface area (Å²) in [6.45, 7) is 13.5. The summed E-state index contributed by atoms with van der Waals surface area (Å²) < 4.78 is 5.26. The minimum atomic E-state index is -0.417. The normalized spacial score (nSPS) is 15.9. The van der Waals surface area contributed by atoms with E-state index in [1.54, 1.807) is 4.90 Å². The summed E-state index contributed by atoms with van der Waals surface area (Å²) in [5.74, 6) is 0. The van der Waals surface area contributed by atoms with Gasteiger partial charge in [0.05, 0.1) is 13.1 Å². The zero-order valence-corrected chi connectivity index (χ0v) is 11.3. The molecule has 4 nitrogen and oxygen atoms in total. The number of ether oxygens (including phenoxy) is 1. The first kappa shape index (κ1) is 14.9. The van der Waals surface area contributed by atoms with Crippen molar-refractivity contribution in [3.8, 4) is 0 Å². The SMILES string of the molecule is CC.CC1=NCCN(C(=O)OC(C)(C)C)C1. The lowest BCUT2D eigenvalue weighted by Gasteiger charge is -2.28. The van der Waals surface area contributed by atoms with Crippen molar-refractivity contribution in [2.75, 3.05) is 19.6 Å². The molecule has 1 heterocycles. The molecular weight excluding hydrogens is 204 g/mol. The zero-order valence-electron chi connectivity index (χ0n) is 11.3. The second-order valence-electron chi connectivity index (χ2n) is 4.52. The Balaban J connectivity index is 0.00000106. The van der Waals surface area contributed by atoms with Crippen molar-refractivity contribution in [3.05, 3.63) is 0 Å². The molecule has 0 bridgehead atoms. The summed E-state index contributed by atoms with van der Waals surface area (Å²) in [5.41, 5.74) is 0.571. The summed E-state index contributed by atoms with van der Waals surface area (Å²) in [6.07, 6.45) is -0.244. The van der Waals surface area contributed by atoms with Crippen LogP contribution < -0.4 is 0 Å². The number of hydrogen-bond donors (Lipinski definition) is 0. The van der Waals surface area contributed by atoms with Crippen molar-refractivity contribution in [1.82, 2.24) is 4.90 Å². The molecule has 1 rings (SSSR count). The second-order valence-corrected chi connectivity index (χ2v) is 4.52. The topological polar surface area (TPSA) is 41.9 Å². The third-order valence-corrected chi connectivity index (χ3v) is 1.82. The van der Waals surface area contributed by atoms with E-state index in [1.165, 1.54) is 0 Å². The van der Waals surface area contributed by atoms with Gasteiger partial charge >= 0.3 is 6.09 Å². The zero-order chi connectivity index (χ0) is 12.8. The highest BCUT2D eigenvalue weighted by molar-refractivity contribution is 5.87. The smallest absolute Gasteiger partial charge is 0.410 e. The molecule has 0 aromatic carbocycles. The molecule has 0 fully saturated rings. The quantitative estimate of drug-likeness (QED) is 0.639. The van der Waals surface area contributed by atoms with Gasteiger partial charge in [-0.1, -0.05) is 13.8 Å². The van der Waals surface area contributed by atoms with Gasteiger partial charge in [0.25, 0.3) is 0 Å². The minimum Gasteiger partial charge on any atom is -0.444 e. The number of carbonyl (C=O) groups excluding carboxylic acids is 1. The molecule has 0 spiro atoms. The molecule has 94 valence electrons. The van der Waals surface area contributed by atoms with Crippen molar-refractivity contribution in [2.24, 2.45) is 4.99 Å². The van der Waals surface area contributed by atoms with E-state index in [4.69, 9.17) is 4.74 Å². The van der Waals surface area contributed by atoms with Gasteiger partial charge in [-0.25, -0.2) is 4.79 Å². The first-order chi connectivity index (χ1) is 7.38. The summed E-state index contributed by atoms with van der Waals surface area (Å²) in [7, 11) is 0. The first-order valence-corrected chi connectivity index (χ1v) is 5.86. The predicted molar refractivity (Wildman–Crippen MR) is 67.1 cm³/mol. The summed E-state index contributed by atoms with van der Waals surface area (Å²) in [6, 6.07) is 0. The number of hydrogen-bond acceptors (Lipinski definition) is 3. The molecule has 1 aliphatic rings. The third kappa shape index (κ3) is 5.73. The van der Waals surface area contributed by atoms with E-state index < -0.39 is 5.60 Å². The summed E-state index contributed by atoms with van der Waals surface area (Å²) >= 11 is 0. The lowest BCUT2D eigenvalue weighted by molar-refractivity contribution is 0.0278. The van der Waals surface area contributed by atoms with Gasteiger partial charge in [-0.15, -0.1) is 0 Å². The monoisotopic (exact) mass is 228 g/mol. The van der Waals surface area contributed by atoms with Gasteiger partial charge in [-0.3, -0.25) is 4.99 Å². The number of amides is 1. The van der Waals surface area contributed by atoms with Crippen LogP contribution in [0.25, 0.3) is 0 Å². The van der Waals surface area contributed by atoms with E-state index in [-0.39, 0.29) is 6.09 Å². The molecule has 0 atom stereocenters. The van der Waals surface area contributed by atoms with Crippen LogP contribution in [-0.2, 0) is 4.74 Å². The molecule has 0 aliphatic carbocycles. The summed E-state index contributed by atoms with van der Waals surface area (Å²) in [4.78, 5) is 17.5. The van der Waals surface area contributed by atoms with Crippen LogP contribution in [-0.4, -0.2) is 41.9 Å². The Kier molecular flexibility index (Phi) is 6.08. The van der Waals surface area contributed by atoms with Crippen LogP contribution in [0.5, 0.6) is 0 Å². The van der Waals surface area contributed by atoms with Gasteiger partial charge in [-0.2, -0.15) is 0 Å². The van der Waals surface area contributed by atoms with Crippen LogP contribution in [0.1, 0.15) is 41.5 Å². The molecular formula is C12H24N2O2. The highest BCUT2D eigenvalue weighted by Gasteiger charge is 2.23. The van der Waals surface area contributed by atoms with Crippen molar-refractivity contribution < 1.29 is 9.53 Å². The lowest BCUT2D eigenvalue weighted by atomic mass is 10.2. The maximum Gasteiger partial charge on any atom is 0.410 e. The van der Waals surface area contributed by atoms with Gasteiger partial charge in [-0.05, 0) is 27.7 Å². The van der Waals surface area contributed by atoms with Crippen LogP contribution in [0.3, 0.4) is 0 Å². The highest BCUT2D eigenvalue weighted by Crippen LogP contribution is 2.10. The van der Waals surface area contributed by atoms with Crippen LogP contribution >= 0.6 is 0 Å². The van der Waals surface area contributed by atoms with E-state index in [1.807, 2.05) is 41.5 Å². The molecule has 0 aromatic heterocycles. The maximum atomic E-state index is 11.6. The Morgan fingerprint density at radius 3 is 2.38 bits per heavy atom. The average molecular weight is 228 g/mol. The molecule has 0 saturated carbocycles.